The van der Waals surface area contributed by atoms with Gasteiger partial charge >= 0.3 is 0 Å². The lowest BCUT2D eigenvalue weighted by molar-refractivity contribution is -0.387. The standard InChI is InChI=1S/C10H13N5O5S/c1-14(7-8(16)6-12-13-11)21(19,20)10-5-3-2-4-9(10)15(17)18/h2-5,8,16H,6-7H2,1H3/t8-/m1/s1. The second-order valence-corrected chi connectivity index (χ2v) is 6.09. The lowest BCUT2D eigenvalue weighted by Crippen LogP contribution is -2.35. The van der Waals surface area contributed by atoms with E-state index >= 15 is 0 Å². The molecule has 0 unspecified atom stereocenters. The first kappa shape index (κ1) is 16.9. The Kier molecular flexibility index (Phi) is 5.61. The summed E-state index contributed by atoms with van der Waals surface area (Å²) in [4.78, 5) is 12.1. The van der Waals surface area contributed by atoms with Crippen LogP contribution in [0, 0.1) is 10.1 Å². The molecule has 0 heterocycles. The van der Waals surface area contributed by atoms with E-state index in [4.69, 9.17) is 5.53 Å². The summed E-state index contributed by atoms with van der Waals surface area (Å²) in [5, 5.41) is 23.5. The van der Waals surface area contributed by atoms with Gasteiger partial charge in [0.1, 0.15) is 0 Å². The first-order valence-corrected chi connectivity index (χ1v) is 7.13. The molecule has 0 saturated carbocycles. The number of nitro benzene ring substituents is 1. The van der Waals surface area contributed by atoms with E-state index in [1.807, 2.05) is 0 Å². The molecule has 0 fully saturated rings. The molecule has 0 aromatic heterocycles. The summed E-state index contributed by atoms with van der Waals surface area (Å²) in [6.45, 7) is -0.652. The van der Waals surface area contributed by atoms with Crippen molar-refractivity contribution in [2.75, 3.05) is 20.1 Å². The summed E-state index contributed by atoms with van der Waals surface area (Å²) >= 11 is 0. The fraction of sp³-hybridized carbons (Fsp3) is 0.400. The van der Waals surface area contributed by atoms with Gasteiger partial charge in [0.25, 0.3) is 5.69 Å². The van der Waals surface area contributed by atoms with Crippen LogP contribution in [0.1, 0.15) is 0 Å². The highest BCUT2D eigenvalue weighted by molar-refractivity contribution is 7.89. The Morgan fingerprint density at radius 1 is 1.52 bits per heavy atom. The average molecular weight is 315 g/mol. The van der Waals surface area contributed by atoms with Crippen molar-refractivity contribution >= 4 is 15.7 Å². The molecule has 1 aromatic rings. The summed E-state index contributed by atoms with van der Waals surface area (Å²) in [6, 6.07) is 4.92. The van der Waals surface area contributed by atoms with Crippen molar-refractivity contribution < 1.29 is 18.4 Å². The van der Waals surface area contributed by atoms with Crippen molar-refractivity contribution in [1.29, 1.82) is 0 Å². The van der Waals surface area contributed by atoms with Crippen LogP contribution in [0.2, 0.25) is 0 Å². The quantitative estimate of drug-likeness (QED) is 0.260. The van der Waals surface area contributed by atoms with E-state index in [1.165, 1.54) is 19.2 Å². The van der Waals surface area contributed by atoms with Gasteiger partial charge < -0.3 is 5.11 Å². The number of para-hydroxylation sites is 1. The van der Waals surface area contributed by atoms with Crippen molar-refractivity contribution in [2.45, 2.75) is 11.0 Å². The maximum Gasteiger partial charge on any atom is 0.289 e. The highest BCUT2D eigenvalue weighted by atomic mass is 32.2. The number of nitrogens with zero attached hydrogens (tertiary/aromatic N) is 5. The van der Waals surface area contributed by atoms with Crippen LogP contribution in [0.4, 0.5) is 5.69 Å². The van der Waals surface area contributed by atoms with Crippen molar-refractivity contribution in [2.24, 2.45) is 5.11 Å². The first-order chi connectivity index (χ1) is 9.80. The number of sulfonamides is 1. The van der Waals surface area contributed by atoms with Crippen LogP contribution in [0.25, 0.3) is 10.4 Å². The van der Waals surface area contributed by atoms with Crippen LogP contribution in [-0.4, -0.2) is 49.0 Å². The minimum atomic E-state index is -4.14. The van der Waals surface area contributed by atoms with Gasteiger partial charge in [-0.15, -0.1) is 0 Å². The molecule has 0 amide bonds. The van der Waals surface area contributed by atoms with E-state index in [2.05, 4.69) is 10.0 Å². The molecule has 114 valence electrons. The number of azide groups is 1. The Morgan fingerprint density at radius 2 is 2.14 bits per heavy atom. The van der Waals surface area contributed by atoms with E-state index in [-0.39, 0.29) is 13.1 Å². The molecule has 11 heteroatoms. The number of rotatable bonds is 7. The van der Waals surface area contributed by atoms with Crippen LogP contribution < -0.4 is 0 Å². The van der Waals surface area contributed by atoms with Gasteiger partial charge in [-0.1, -0.05) is 17.2 Å². The number of likely N-dealkylation sites (N-methyl/N-ethyl adjacent to an activating group) is 1. The van der Waals surface area contributed by atoms with Crippen molar-refractivity contribution in [3.8, 4) is 0 Å². The molecule has 10 nitrogen and oxygen atoms in total. The van der Waals surface area contributed by atoms with Gasteiger partial charge in [0.2, 0.25) is 10.0 Å². The normalized spacial score (nSPS) is 12.7. The Morgan fingerprint density at radius 3 is 2.71 bits per heavy atom. The maximum atomic E-state index is 12.3. The van der Waals surface area contributed by atoms with Crippen LogP contribution in [-0.2, 0) is 10.0 Å². The van der Waals surface area contributed by atoms with Gasteiger partial charge in [0.15, 0.2) is 4.90 Å². The third-order valence-corrected chi connectivity index (χ3v) is 4.44. The van der Waals surface area contributed by atoms with Crippen LogP contribution >= 0.6 is 0 Å². The van der Waals surface area contributed by atoms with Crippen LogP contribution in [0.5, 0.6) is 0 Å². The number of benzene rings is 1. The largest absolute Gasteiger partial charge is 0.392 e. The van der Waals surface area contributed by atoms with E-state index in [0.29, 0.717) is 0 Å². The molecular formula is C10H13N5O5S. The molecule has 1 atom stereocenters. The van der Waals surface area contributed by atoms with Crippen LogP contribution in [0.15, 0.2) is 34.3 Å². The molecule has 0 radical (unpaired) electrons. The predicted octanol–water partition coefficient (Wildman–Crippen LogP) is 0.887. The van der Waals surface area contributed by atoms with E-state index in [9.17, 15) is 23.6 Å². The highest BCUT2D eigenvalue weighted by Gasteiger charge is 2.29. The molecule has 21 heavy (non-hydrogen) atoms. The Hall–Kier alpha value is -2.20. The van der Waals surface area contributed by atoms with E-state index in [0.717, 1.165) is 16.4 Å². The molecule has 0 bridgehead atoms. The number of hydrogen-bond acceptors (Lipinski definition) is 6. The molecule has 0 aliphatic carbocycles. The summed E-state index contributed by atoms with van der Waals surface area (Å²) < 4.78 is 25.3. The third-order valence-electron chi connectivity index (χ3n) is 2.57. The Bertz CT molecular complexity index is 670. The van der Waals surface area contributed by atoms with E-state index in [1.54, 1.807) is 0 Å². The monoisotopic (exact) mass is 315 g/mol. The summed E-state index contributed by atoms with van der Waals surface area (Å²) in [5.74, 6) is 0. The van der Waals surface area contributed by atoms with Gasteiger partial charge in [-0.3, -0.25) is 10.1 Å². The number of aliphatic hydroxyl groups excluding tert-OH is 1. The van der Waals surface area contributed by atoms with Crippen molar-refractivity contribution in [1.82, 2.24) is 4.31 Å². The van der Waals surface area contributed by atoms with Crippen molar-refractivity contribution in [3.63, 3.8) is 0 Å². The molecule has 0 aliphatic heterocycles. The summed E-state index contributed by atoms with van der Waals surface area (Å²) in [7, 11) is -2.97. The minimum Gasteiger partial charge on any atom is -0.392 e. The number of aliphatic hydroxyl groups is 1. The van der Waals surface area contributed by atoms with Gasteiger partial charge in [-0.05, 0) is 11.6 Å². The zero-order chi connectivity index (χ0) is 16.0. The smallest absolute Gasteiger partial charge is 0.289 e. The van der Waals surface area contributed by atoms with Gasteiger partial charge in [0.05, 0.1) is 17.6 Å². The Balaban J connectivity index is 3.05. The highest BCUT2D eigenvalue weighted by Crippen LogP contribution is 2.25. The van der Waals surface area contributed by atoms with E-state index < -0.39 is 31.6 Å². The SMILES string of the molecule is CN(C[C@H](O)CN=[N+]=[N-])S(=O)(=O)c1ccccc1[N+](=O)[O-]. The molecule has 1 N–H and O–H groups in total. The molecule has 1 rings (SSSR count). The van der Waals surface area contributed by atoms with Gasteiger partial charge in [0, 0.05) is 24.6 Å². The minimum absolute atomic E-state index is 0.298. The second kappa shape index (κ2) is 6.99. The van der Waals surface area contributed by atoms with Gasteiger partial charge in [-0.2, -0.15) is 4.31 Å². The molecular weight excluding hydrogens is 302 g/mol. The Labute approximate surface area is 120 Å². The number of hydrogen-bond donors (Lipinski definition) is 1. The first-order valence-electron chi connectivity index (χ1n) is 5.69. The number of nitro groups is 1. The topological polar surface area (TPSA) is 150 Å². The predicted molar refractivity (Wildman–Crippen MR) is 72.9 cm³/mol. The molecule has 0 aliphatic rings. The fourth-order valence-corrected chi connectivity index (χ4v) is 2.94. The van der Waals surface area contributed by atoms with Crippen molar-refractivity contribution in [3.05, 3.63) is 44.8 Å². The molecule has 0 spiro atoms. The summed E-state index contributed by atoms with van der Waals surface area (Å²) in [5.41, 5.74) is 7.58. The van der Waals surface area contributed by atoms with Crippen LogP contribution in [0.3, 0.4) is 0 Å². The maximum absolute atomic E-state index is 12.3. The lowest BCUT2D eigenvalue weighted by Gasteiger charge is -2.19. The lowest BCUT2D eigenvalue weighted by atomic mass is 10.3. The molecule has 1 aromatic carbocycles. The third kappa shape index (κ3) is 4.13. The zero-order valence-electron chi connectivity index (χ0n) is 11.0. The molecule has 0 saturated heterocycles. The zero-order valence-corrected chi connectivity index (χ0v) is 11.8. The van der Waals surface area contributed by atoms with Gasteiger partial charge in [-0.25, -0.2) is 8.42 Å². The fourth-order valence-electron chi connectivity index (χ4n) is 1.58. The average Bonchev–Trinajstić information content (AvgIpc) is 2.44. The summed E-state index contributed by atoms with van der Waals surface area (Å²) in [6.07, 6.45) is -1.21. The second-order valence-electron chi connectivity index (χ2n) is 4.08.